The summed E-state index contributed by atoms with van der Waals surface area (Å²) < 4.78 is 20.8. The van der Waals surface area contributed by atoms with Crippen LogP contribution in [0.1, 0.15) is 66.9 Å². The Balaban J connectivity index is 1.54. The Morgan fingerprint density at radius 1 is 0.925 bits per heavy atom. The van der Waals surface area contributed by atoms with Crippen molar-refractivity contribution in [2.45, 2.75) is 63.3 Å². The first kappa shape index (κ1) is 27.9. The van der Waals surface area contributed by atoms with Gasteiger partial charge in [0.2, 0.25) is 5.91 Å². The van der Waals surface area contributed by atoms with Crippen molar-refractivity contribution >= 4 is 11.8 Å². The molecular formula is C34H39FN2O3. The van der Waals surface area contributed by atoms with E-state index in [1.807, 2.05) is 65.3 Å². The number of fused-ring (bicyclic) bond motifs is 1. The minimum absolute atomic E-state index is 0.0257. The summed E-state index contributed by atoms with van der Waals surface area (Å²) in [6, 6.07) is 23.9. The SMILES string of the molecule is CCN1CCCCN(C(=O)C2(c3cccc(F)c3)CCCC2)[C@H](Cc2ccccc2)COc2ccccc2C1=O. The Morgan fingerprint density at radius 2 is 1.65 bits per heavy atom. The van der Waals surface area contributed by atoms with Crippen LogP contribution in [0.2, 0.25) is 0 Å². The average Bonchev–Trinajstić information content (AvgIpc) is 3.48. The van der Waals surface area contributed by atoms with Gasteiger partial charge in [-0.2, -0.15) is 0 Å². The normalized spacial score (nSPS) is 19.8. The second-order valence-electron chi connectivity index (χ2n) is 11.0. The molecule has 5 nitrogen and oxygen atoms in total. The second kappa shape index (κ2) is 12.7. The monoisotopic (exact) mass is 542 g/mol. The molecule has 0 saturated heterocycles. The minimum Gasteiger partial charge on any atom is -0.491 e. The lowest BCUT2D eigenvalue weighted by Crippen LogP contribution is -2.53. The quantitative estimate of drug-likeness (QED) is 0.374. The average molecular weight is 543 g/mol. The summed E-state index contributed by atoms with van der Waals surface area (Å²) >= 11 is 0. The van der Waals surface area contributed by atoms with Gasteiger partial charge in [-0.15, -0.1) is 0 Å². The minimum atomic E-state index is -0.739. The van der Waals surface area contributed by atoms with Gasteiger partial charge >= 0.3 is 0 Å². The Bertz CT molecular complexity index is 1310. The van der Waals surface area contributed by atoms with E-state index in [1.54, 1.807) is 12.1 Å². The summed E-state index contributed by atoms with van der Waals surface area (Å²) in [6.45, 7) is 4.03. The lowest BCUT2D eigenvalue weighted by atomic mass is 9.77. The molecule has 0 spiro atoms. The number of ether oxygens (including phenoxy) is 1. The maximum absolute atomic E-state index is 14.8. The highest BCUT2D eigenvalue weighted by Crippen LogP contribution is 2.43. The van der Waals surface area contributed by atoms with Crippen molar-refractivity contribution in [3.8, 4) is 5.75 Å². The number of rotatable bonds is 5. The van der Waals surface area contributed by atoms with Crippen LogP contribution in [0.25, 0.3) is 0 Å². The molecule has 1 saturated carbocycles. The molecule has 3 aromatic carbocycles. The van der Waals surface area contributed by atoms with Crippen molar-refractivity contribution in [2.24, 2.45) is 0 Å². The fourth-order valence-electron chi connectivity index (χ4n) is 6.37. The fraction of sp³-hybridized carbons (Fsp3) is 0.412. The van der Waals surface area contributed by atoms with Gasteiger partial charge in [0.05, 0.1) is 17.0 Å². The first-order valence-electron chi connectivity index (χ1n) is 14.6. The first-order valence-corrected chi connectivity index (χ1v) is 14.6. The largest absolute Gasteiger partial charge is 0.491 e. The number of para-hydroxylation sites is 1. The number of carbonyl (C=O) groups is 2. The van der Waals surface area contributed by atoms with Crippen molar-refractivity contribution in [1.82, 2.24) is 9.80 Å². The topological polar surface area (TPSA) is 49.9 Å². The first-order chi connectivity index (χ1) is 19.5. The van der Waals surface area contributed by atoms with E-state index in [4.69, 9.17) is 4.74 Å². The van der Waals surface area contributed by atoms with Crippen molar-refractivity contribution < 1.29 is 18.7 Å². The van der Waals surface area contributed by atoms with Gasteiger partial charge in [-0.3, -0.25) is 9.59 Å². The van der Waals surface area contributed by atoms with Gasteiger partial charge in [-0.05, 0) is 74.4 Å². The molecule has 2 amide bonds. The maximum atomic E-state index is 14.8. The standard InChI is InChI=1S/C34H39FN2O3/c1-2-36-21-10-11-22-37(33(39)34(19-8-9-20-34)27-15-12-16-28(35)24-27)29(23-26-13-4-3-5-14-26)25-40-31-18-7-6-17-30(31)32(36)38/h3-7,12-18,24,29H,2,8-11,19-23,25H2,1H3/t29-/m1/s1. The third kappa shape index (κ3) is 5.91. The number of carbonyl (C=O) groups excluding carboxylic acids is 2. The molecular weight excluding hydrogens is 503 g/mol. The van der Waals surface area contributed by atoms with E-state index in [0.29, 0.717) is 50.2 Å². The third-order valence-corrected chi connectivity index (χ3v) is 8.55. The molecule has 0 aromatic heterocycles. The Morgan fingerprint density at radius 3 is 2.40 bits per heavy atom. The number of hydrogen-bond donors (Lipinski definition) is 0. The molecule has 1 fully saturated rings. The number of hydrogen-bond acceptors (Lipinski definition) is 3. The molecule has 1 heterocycles. The van der Waals surface area contributed by atoms with Crippen molar-refractivity contribution in [3.63, 3.8) is 0 Å². The molecule has 0 unspecified atom stereocenters. The van der Waals surface area contributed by atoms with Crippen molar-refractivity contribution in [3.05, 3.63) is 101 Å². The molecule has 3 aromatic rings. The summed E-state index contributed by atoms with van der Waals surface area (Å²) in [6.07, 6.45) is 5.49. The van der Waals surface area contributed by atoms with Gasteiger partial charge in [0, 0.05) is 19.6 Å². The van der Waals surface area contributed by atoms with E-state index in [-0.39, 0.29) is 30.3 Å². The van der Waals surface area contributed by atoms with Gasteiger partial charge in [0.25, 0.3) is 5.91 Å². The van der Waals surface area contributed by atoms with Crippen molar-refractivity contribution in [1.29, 1.82) is 0 Å². The molecule has 5 rings (SSSR count). The Kier molecular flexibility index (Phi) is 8.83. The lowest BCUT2D eigenvalue weighted by Gasteiger charge is -2.40. The van der Waals surface area contributed by atoms with Crippen LogP contribution in [0.15, 0.2) is 78.9 Å². The summed E-state index contributed by atoms with van der Waals surface area (Å²) in [5, 5.41) is 0. The summed E-state index contributed by atoms with van der Waals surface area (Å²) in [5.74, 6) is 0.268. The molecule has 40 heavy (non-hydrogen) atoms. The van der Waals surface area contributed by atoms with E-state index in [1.165, 1.54) is 6.07 Å². The molecule has 0 N–H and O–H groups in total. The van der Waals surface area contributed by atoms with Crippen LogP contribution in [0.3, 0.4) is 0 Å². The van der Waals surface area contributed by atoms with Crippen LogP contribution < -0.4 is 4.74 Å². The predicted octanol–water partition coefficient (Wildman–Crippen LogP) is 6.41. The van der Waals surface area contributed by atoms with Gasteiger partial charge in [0.1, 0.15) is 18.2 Å². The highest BCUT2D eigenvalue weighted by atomic mass is 19.1. The summed E-state index contributed by atoms with van der Waals surface area (Å²) in [4.78, 5) is 32.0. The molecule has 0 bridgehead atoms. The number of benzene rings is 3. The van der Waals surface area contributed by atoms with Crippen LogP contribution in [-0.4, -0.2) is 53.9 Å². The van der Waals surface area contributed by atoms with E-state index in [9.17, 15) is 14.0 Å². The van der Waals surface area contributed by atoms with Gasteiger partial charge in [-0.25, -0.2) is 4.39 Å². The molecule has 0 radical (unpaired) electrons. The summed E-state index contributed by atoms with van der Waals surface area (Å²) in [7, 11) is 0. The van der Waals surface area contributed by atoms with Crippen LogP contribution >= 0.6 is 0 Å². The number of amides is 2. The van der Waals surface area contributed by atoms with Crippen molar-refractivity contribution in [2.75, 3.05) is 26.2 Å². The molecule has 210 valence electrons. The smallest absolute Gasteiger partial charge is 0.257 e. The summed E-state index contributed by atoms with van der Waals surface area (Å²) in [5.41, 5.74) is 1.70. The van der Waals surface area contributed by atoms with E-state index in [2.05, 4.69) is 12.1 Å². The predicted molar refractivity (Wildman–Crippen MR) is 155 cm³/mol. The van der Waals surface area contributed by atoms with E-state index < -0.39 is 5.41 Å². The molecule has 1 aliphatic carbocycles. The lowest BCUT2D eigenvalue weighted by molar-refractivity contribution is -0.140. The number of nitrogens with zero attached hydrogens (tertiary/aromatic N) is 2. The van der Waals surface area contributed by atoms with Crippen LogP contribution in [0, 0.1) is 5.82 Å². The van der Waals surface area contributed by atoms with Gasteiger partial charge in [-0.1, -0.05) is 67.4 Å². The third-order valence-electron chi connectivity index (χ3n) is 8.55. The number of halogens is 1. The van der Waals surface area contributed by atoms with Crippen LogP contribution in [-0.2, 0) is 16.6 Å². The zero-order valence-corrected chi connectivity index (χ0v) is 23.4. The van der Waals surface area contributed by atoms with Gasteiger partial charge in [0.15, 0.2) is 0 Å². The maximum Gasteiger partial charge on any atom is 0.257 e. The second-order valence-corrected chi connectivity index (χ2v) is 11.0. The molecule has 2 aliphatic rings. The highest BCUT2D eigenvalue weighted by Gasteiger charge is 2.46. The van der Waals surface area contributed by atoms with Crippen LogP contribution in [0.4, 0.5) is 4.39 Å². The van der Waals surface area contributed by atoms with Crippen LogP contribution in [0.5, 0.6) is 5.75 Å². The zero-order valence-electron chi connectivity index (χ0n) is 23.4. The van der Waals surface area contributed by atoms with Gasteiger partial charge < -0.3 is 14.5 Å². The highest BCUT2D eigenvalue weighted by molar-refractivity contribution is 5.97. The Labute approximate surface area is 236 Å². The van der Waals surface area contributed by atoms with E-state index in [0.717, 1.165) is 36.8 Å². The fourth-order valence-corrected chi connectivity index (χ4v) is 6.37. The molecule has 1 atom stereocenters. The van der Waals surface area contributed by atoms with E-state index >= 15 is 0 Å². The molecule has 1 aliphatic heterocycles. The Hall–Kier alpha value is -3.67. The molecule has 6 heteroatoms. The zero-order chi connectivity index (χ0) is 28.0.